The van der Waals surface area contributed by atoms with Crippen molar-refractivity contribution >= 4 is 41.6 Å². The van der Waals surface area contributed by atoms with E-state index in [-0.39, 0.29) is 18.4 Å². The van der Waals surface area contributed by atoms with Crippen LogP contribution in [0.3, 0.4) is 0 Å². The van der Waals surface area contributed by atoms with Crippen molar-refractivity contribution in [1.29, 1.82) is 0 Å². The molecule has 0 spiro atoms. The zero-order valence-corrected chi connectivity index (χ0v) is 22.9. The minimum atomic E-state index is -3.15. The molecule has 2 rings (SSSR count). The molecule has 2 aromatic rings. The van der Waals surface area contributed by atoms with Crippen molar-refractivity contribution < 1.29 is 12.7 Å². The molecule has 7 heteroatoms. The molecule has 4 N–H and O–H groups in total. The number of aromatic amines is 1. The van der Waals surface area contributed by atoms with Gasteiger partial charge in [0, 0.05) is 0 Å². The maximum absolute atomic E-state index is 13.5. The number of hydrogen-bond donors (Lipinski definition) is 3. The fourth-order valence-electron chi connectivity index (χ4n) is 4.28. The third kappa shape index (κ3) is 7.80. The second-order valence-corrected chi connectivity index (χ2v) is 20.4. The Labute approximate surface area is 197 Å². The quantitative estimate of drug-likeness (QED) is 0.271. The predicted octanol–water partition coefficient (Wildman–Crippen LogP) is 5.04. The summed E-state index contributed by atoms with van der Waals surface area (Å²) in [5.41, 5.74) is 7.56. The number of fused-ring (bicyclic) bond motifs is 1. The summed E-state index contributed by atoms with van der Waals surface area (Å²) < 4.78 is 9.73. The summed E-state index contributed by atoms with van der Waals surface area (Å²) in [4.78, 5) is 28.9. The normalized spacial score (nSPS) is 12.6. The molecule has 1 aromatic heterocycles. The molecule has 0 saturated heterocycles. The number of hydrogen-bond acceptors (Lipinski definition) is 4. The van der Waals surface area contributed by atoms with Gasteiger partial charge in [-0.15, -0.1) is 0 Å². The first-order chi connectivity index (χ1) is 15.5. The Kier molecular flexibility index (Phi) is 11.6. The van der Waals surface area contributed by atoms with Gasteiger partial charge >= 0.3 is 198 Å². The van der Waals surface area contributed by atoms with E-state index in [9.17, 15) is 9.59 Å². The first-order valence-electron chi connectivity index (χ1n) is 12.3. The number of H-pyrrole nitrogens is 1. The van der Waals surface area contributed by atoms with E-state index in [4.69, 9.17) is 8.81 Å². The van der Waals surface area contributed by atoms with Gasteiger partial charge in [0.1, 0.15) is 0 Å². The van der Waals surface area contributed by atoms with Gasteiger partial charge in [-0.1, -0.05) is 0 Å². The fraction of sp³-hybridized carbons (Fsp3) is 0.600. The van der Waals surface area contributed by atoms with Crippen LogP contribution in [-0.2, 0) is 19.1 Å². The van der Waals surface area contributed by atoms with E-state index in [1.54, 1.807) is 0 Å². The summed E-state index contributed by atoms with van der Waals surface area (Å²) >= 11 is -3.15. The molecular formula is C25H41N3O3Sn. The summed E-state index contributed by atoms with van der Waals surface area (Å²) in [7, 11) is 0. The Morgan fingerprint density at radius 3 is 2.19 bits per heavy atom. The molecule has 6 nitrogen and oxygen atoms in total. The van der Waals surface area contributed by atoms with E-state index in [0.29, 0.717) is 6.42 Å². The van der Waals surface area contributed by atoms with Crippen LogP contribution >= 0.6 is 0 Å². The Morgan fingerprint density at radius 2 is 1.62 bits per heavy atom. The van der Waals surface area contributed by atoms with E-state index in [1.165, 1.54) is 0 Å². The molecule has 0 saturated carbocycles. The Morgan fingerprint density at radius 1 is 1.03 bits per heavy atom. The summed E-state index contributed by atoms with van der Waals surface area (Å²) in [6.07, 6.45) is 8.97. The van der Waals surface area contributed by atoms with Gasteiger partial charge in [-0.25, -0.2) is 0 Å². The zero-order valence-electron chi connectivity index (χ0n) is 20.0. The molecule has 1 amide bonds. The minimum absolute atomic E-state index is 0.145. The molecule has 1 heterocycles. The number of benzene rings is 1. The van der Waals surface area contributed by atoms with Crippen molar-refractivity contribution in [3.05, 3.63) is 36.0 Å². The summed E-state index contributed by atoms with van der Waals surface area (Å²) in [5.74, 6) is -0.598. The molecule has 0 aliphatic rings. The van der Waals surface area contributed by atoms with Crippen molar-refractivity contribution in [3.63, 3.8) is 0 Å². The van der Waals surface area contributed by atoms with E-state index >= 15 is 0 Å². The molecule has 0 bridgehead atoms. The SMILES string of the molecule is CCC[CH2][Sn]([CH2]CCC)([CH2]CCC)[O]C(=O)[C@@H](Cc1c[nH]c2ccccc12)NC(=O)CN. The third-order valence-corrected chi connectivity index (χ3v) is 18.8. The van der Waals surface area contributed by atoms with Crippen molar-refractivity contribution in [2.24, 2.45) is 5.73 Å². The van der Waals surface area contributed by atoms with E-state index in [0.717, 1.165) is 68.3 Å². The molecule has 0 fully saturated rings. The molecule has 0 radical (unpaired) electrons. The van der Waals surface area contributed by atoms with E-state index in [1.807, 2.05) is 30.5 Å². The van der Waals surface area contributed by atoms with Gasteiger partial charge in [-0.3, -0.25) is 0 Å². The van der Waals surface area contributed by atoms with Crippen LogP contribution in [-0.4, -0.2) is 48.2 Å². The van der Waals surface area contributed by atoms with Gasteiger partial charge in [0.2, 0.25) is 0 Å². The number of carbonyl (C=O) groups excluding carboxylic acids is 2. The van der Waals surface area contributed by atoms with Crippen LogP contribution in [0.5, 0.6) is 0 Å². The number of carbonyl (C=O) groups is 2. The average molecular weight is 550 g/mol. The average Bonchev–Trinajstić information content (AvgIpc) is 3.22. The second-order valence-electron chi connectivity index (χ2n) is 8.80. The molecule has 1 atom stereocenters. The van der Waals surface area contributed by atoms with Crippen LogP contribution in [0.25, 0.3) is 10.9 Å². The molecule has 1 aromatic carbocycles. The number of para-hydroxylation sites is 1. The number of aromatic nitrogens is 1. The van der Waals surface area contributed by atoms with Gasteiger partial charge in [0.05, 0.1) is 0 Å². The van der Waals surface area contributed by atoms with Crippen LogP contribution in [0.4, 0.5) is 0 Å². The van der Waals surface area contributed by atoms with Crippen LogP contribution in [0.2, 0.25) is 13.3 Å². The van der Waals surface area contributed by atoms with Crippen LogP contribution in [0.1, 0.15) is 64.9 Å². The van der Waals surface area contributed by atoms with Gasteiger partial charge in [-0.05, 0) is 0 Å². The molecule has 32 heavy (non-hydrogen) atoms. The van der Waals surface area contributed by atoms with Crippen molar-refractivity contribution in [2.75, 3.05) is 6.54 Å². The Balaban J connectivity index is 2.28. The topological polar surface area (TPSA) is 97.2 Å². The summed E-state index contributed by atoms with van der Waals surface area (Å²) in [6, 6.07) is 7.27. The van der Waals surface area contributed by atoms with Crippen LogP contribution in [0, 0.1) is 0 Å². The van der Waals surface area contributed by atoms with Crippen LogP contribution < -0.4 is 11.1 Å². The molecular weight excluding hydrogens is 509 g/mol. The number of rotatable bonds is 15. The first kappa shape index (κ1) is 26.7. The van der Waals surface area contributed by atoms with Gasteiger partial charge in [0.25, 0.3) is 0 Å². The summed E-state index contributed by atoms with van der Waals surface area (Å²) in [5, 5.41) is 3.90. The molecule has 0 aliphatic carbocycles. The first-order valence-corrected chi connectivity index (χ1v) is 19.5. The van der Waals surface area contributed by atoms with Crippen LogP contribution in [0.15, 0.2) is 30.5 Å². The van der Waals surface area contributed by atoms with E-state index in [2.05, 4.69) is 31.1 Å². The van der Waals surface area contributed by atoms with Gasteiger partial charge in [0.15, 0.2) is 0 Å². The second kappa shape index (κ2) is 13.9. The summed E-state index contributed by atoms with van der Waals surface area (Å²) in [6.45, 7) is 6.44. The zero-order chi connectivity index (χ0) is 23.4. The number of nitrogens with two attached hydrogens (primary N) is 1. The van der Waals surface area contributed by atoms with Crippen molar-refractivity contribution in [2.45, 2.75) is 85.1 Å². The Bertz CT molecular complexity index is 830. The number of nitrogens with one attached hydrogen (secondary N) is 2. The maximum atomic E-state index is 13.5. The van der Waals surface area contributed by atoms with Gasteiger partial charge in [-0.2, -0.15) is 0 Å². The monoisotopic (exact) mass is 551 g/mol. The fourth-order valence-corrected chi connectivity index (χ4v) is 17.5. The predicted molar refractivity (Wildman–Crippen MR) is 134 cm³/mol. The Hall–Kier alpha value is -1.54. The number of unbranched alkanes of at least 4 members (excludes halogenated alkanes) is 3. The third-order valence-electron chi connectivity index (χ3n) is 6.18. The molecule has 0 aliphatic heterocycles. The molecule has 178 valence electrons. The van der Waals surface area contributed by atoms with Gasteiger partial charge < -0.3 is 0 Å². The van der Waals surface area contributed by atoms with Crippen molar-refractivity contribution in [3.8, 4) is 0 Å². The standard InChI is InChI=1S/C13H15N3O3.3C4H9.Sn/c14-6-12(17)16-11(13(18)19)5-8-7-15-10-4-2-1-3-9(8)10;3*1-3-4-2;/h1-4,7,11,15H,5-6,14H2,(H,16,17)(H,18,19);3*1,3-4H2,2H3;/q;;;;+1/p-1/t11-;;;;/m1..../s1. The van der Waals surface area contributed by atoms with E-state index < -0.39 is 24.8 Å². The number of amides is 1. The van der Waals surface area contributed by atoms with Crippen molar-refractivity contribution in [1.82, 2.24) is 10.3 Å². The molecule has 0 unspecified atom stereocenters.